The van der Waals surface area contributed by atoms with Crippen LogP contribution in [0.1, 0.15) is 35.9 Å². The Bertz CT molecular complexity index is 828. The fraction of sp³-hybridized carbons (Fsp3) is 0.222. The number of nitrogens with one attached hydrogen (secondary N) is 1. The molecule has 1 aromatic carbocycles. The first-order valence-electron chi connectivity index (χ1n) is 7.96. The van der Waals surface area contributed by atoms with Crippen LogP contribution in [0.4, 0.5) is 5.69 Å². The van der Waals surface area contributed by atoms with Crippen molar-refractivity contribution in [2.45, 2.75) is 26.5 Å². The van der Waals surface area contributed by atoms with E-state index in [0.29, 0.717) is 18.2 Å². The van der Waals surface area contributed by atoms with Crippen molar-refractivity contribution in [1.29, 1.82) is 0 Å². The number of carbonyl (C=O) groups excluding carboxylic acids is 1. The molecule has 128 valence electrons. The van der Waals surface area contributed by atoms with Crippen LogP contribution in [0.15, 0.2) is 55.1 Å². The van der Waals surface area contributed by atoms with Gasteiger partial charge in [-0.3, -0.25) is 9.48 Å². The Labute approximate surface area is 145 Å². The summed E-state index contributed by atoms with van der Waals surface area (Å²) in [5.74, 6) is 0.0263. The number of benzene rings is 1. The summed E-state index contributed by atoms with van der Waals surface area (Å²) in [4.78, 5) is 20.4. The number of carbonyl (C=O) groups is 1. The van der Waals surface area contributed by atoms with Crippen molar-refractivity contribution in [3.63, 3.8) is 0 Å². The largest absolute Gasteiger partial charge is 0.472 e. The minimum absolute atomic E-state index is 0.212. The Kier molecular flexibility index (Phi) is 5.03. The molecule has 0 aliphatic rings. The van der Waals surface area contributed by atoms with Gasteiger partial charge in [0.1, 0.15) is 12.3 Å². The molecule has 0 aliphatic heterocycles. The molecule has 3 aromatic rings. The molecule has 25 heavy (non-hydrogen) atoms. The van der Waals surface area contributed by atoms with Crippen LogP contribution in [0.3, 0.4) is 0 Å². The zero-order chi connectivity index (χ0) is 17.6. The third kappa shape index (κ3) is 4.41. The first-order chi connectivity index (χ1) is 12.1. The summed E-state index contributed by atoms with van der Waals surface area (Å²) >= 11 is 0. The van der Waals surface area contributed by atoms with Gasteiger partial charge in [0.2, 0.25) is 5.88 Å². The molecule has 0 unspecified atom stereocenters. The van der Waals surface area contributed by atoms with Crippen molar-refractivity contribution < 1.29 is 9.53 Å². The average Bonchev–Trinajstić information content (AvgIpc) is 3.10. The van der Waals surface area contributed by atoms with Crippen molar-refractivity contribution in [2.24, 2.45) is 0 Å². The molecule has 0 bridgehead atoms. The lowest BCUT2D eigenvalue weighted by Gasteiger charge is -2.06. The highest BCUT2D eigenvalue weighted by Gasteiger charge is 2.11. The van der Waals surface area contributed by atoms with Crippen molar-refractivity contribution >= 4 is 11.6 Å². The number of ether oxygens (including phenoxy) is 1. The number of hydrogen-bond donors (Lipinski definition) is 1. The second-order valence-corrected chi connectivity index (χ2v) is 5.77. The van der Waals surface area contributed by atoms with Gasteiger partial charge in [0, 0.05) is 12.2 Å². The Balaban J connectivity index is 1.58. The number of aromatic nitrogens is 4. The molecule has 0 spiro atoms. The summed E-state index contributed by atoms with van der Waals surface area (Å²) in [6.07, 6.45) is 6.20. The lowest BCUT2D eigenvalue weighted by atomic mass is 10.2. The van der Waals surface area contributed by atoms with Crippen molar-refractivity contribution in [1.82, 2.24) is 19.7 Å². The van der Waals surface area contributed by atoms with Gasteiger partial charge < -0.3 is 10.1 Å². The first-order valence-corrected chi connectivity index (χ1v) is 7.96. The highest BCUT2D eigenvalue weighted by atomic mass is 16.5. The van der Waals surface area contributed by atoms with Crippen molar-refractivity contribution in [3.05, 3.63) is 66.4 Å². The maximum Gasteiger partial charge on any atom is 0.275 e. The smallest absolute Gasteiger partial charge is 0.275 e. The number of rotatable bonds is 6. The molecule has 2 heterocycles. The average molecular weight is 337 g/mol. The van der Waals surface area contributed by atoms with Gasteiger partial charge in [0.05, 0.1) is 24.3 Å². The molecule has 1 amide bonds. The molecular weight excluding hydrogens is 318 g/mol. The van der Waals surface area contributed by atoms with Gasteiger partial charge in [0.25, 0.3) is 5.91 Å². The van der Waals surface area contributed by atoms with E-state index in [1.54, 1.807) is 17.1 Å². The lowest BCUT2D eigenvalue weighted by molar-refractivity contribution is 0.102. The van der Waals surface area contributed by atoms with Crippen LogP contribution in [-0.2, 0) is 6.61 Å². The second-order valence-electron chi connectivity index (χ2n) is 5.77. The number of nitrogens with zero attached hydrogens (tertiary/aromatic N) is 4. The monoisotopic (exact) mass is 337 g/mol. The summed E-state index contributed by atoms with van der Waals surface area (Å²) in [5.41, 5.74) is 1.86. The quantitative estimate of drug-likeness (QED) is 0.747. The van der Waals surface area contributed by atoms with Crippen LogP contribution in [0.5, 0.6) is 5.88 Å². The highest BCUT2D eigenvalue weighted by molar-refractivity contribution is 6.02. The third-order valence-electron chi connectivity index (χ3n) is 3.48. The molecule has 7 heteroatoms. The van der Waals surface area contributed by atoms with Crippen LogP contribution < -0.4 is 10.1 Å². The third-order valence-corrected chi connectivity index (χ3v) is 3.48. The highest BCUT2D eigenvalue weighted by Crippen LogP contribution is 2.12. The molecular formula is C18H19N5O2. The molecule has 0 radical (unpaired) electrons. The molecule has 3 rings (SSSR count). The normalized spacial score (nSPS) is 10.7. The van der Waals surface area contributed by atoms with E-state index in [1.165, 1.54) is 12.4 Å². The van der Waals surface area contributed by atoms with E-state index in [9.17, 15) is 4.79 Å². The summed E-state index contributed by atoms with van der Waals surface area (Å²) < 4.78 is 7.32. The van der Waals surface area contributed by atoms with Gasteiger partial charge in [-0.1, -0.05) is 30.3 Å². The van der Waals surface area contributed by atoms with E-state index in [1.807, 2.05) is 44.2 Å². The minimum atomic E-state index is -0.342. The molecule has 2 aromatic heterocycles. The Morgan fingerprint density at radius 3 is 2.60 bits per heavy atom. The van der Waals surface area contributed by atoms with Gasteiger partial charge in [-0.25, -0.2) is 9.97 Å². The van der Waals surface area contributed by atoms with Crippen LogP contribution in [-0.4, -0.2) is 25.7 Å². The van der Waals surface area contributed by atoms with E-state index < -0.39 is 0 Å². The van der Waals surface area contributed by atoms with Crippen LogP contribution in [0, 0.1) is 0 Å². The van der Waals surface area contributed by atoms with Gasteiger partial charge in [0.15, 0.2) is 0 Å². The standard InChI is InChI=1S/C18H19N5O2/c1-13(2)23-11-15(8-21-23)22-18(24)16-9-20-17(10-19-16)25-12-14-6-4-3-5-7-14/h3-11,13H,12H2,1-2H3,(H,22,24). The van der Waals surface area contributed by atoms with Crippen LogP contribution in [0.2, 0.25) is 0 Å². The molecule has 0 saturated carbocycles. The van der Waals surface area contributed by atoms with Crippen molar-refractivity contribution in [3.8, 4) is 5.88 Å². The Hall–Kier alpha value is -3.22. The predicted molar refractivity (Wildman–Crippen MR) is 93.4 cm³/mol. The summed E-state index contributed by atoms with van der Waals surface area (Å²) in [6, 6.07) is 9.99. The Morgan fingerprint density at radius 2 is 1.96 bits per heavy atom. The van der Waals surface area contributed by atoms with Gasteiger partial charge in [-0.05, 0) is 19.4 Å². The maximum absolute atomic E-state index is 12.2. The van der Waals surface area contributed by atoms with Crippen molar-refractivity contribution in [2.75, 3.05) is 5.32 Å². The van der Waals surface area contributed by atoms with E-state index in [2.05, 4.69) is 20.4 Å². The molecule has 0 atom stereocenters. The first kappa shape index (κ1) is 16.6. The van der Waals surface area contributed by atoms with Gasteiger partial charge in [-0.2, -0.15) is 5.10 Å². The van der Waals surface area contributed by atoms with E-state index in [-0.39, 0.29) is 17.6 Å². The molecule has 1 N–H and O–H groups in total. The SMILES string of the molecule is CC(C)n1cc(NC(=O)c2cnc(OCc3ccccc3)cn2)cn1. The number of anilines is 1. The lowest BCUT2D eigenvalue weighted by Crippen LogP contribution is -2.14. The maximum atomic E-state index is 12.2. The van der Waals surface area contributed by atoms with E-state index in [0.717, 1.165) is 5.56 Å². The summed E-state index contributed by atoms with van der Waals surface area (Å²) in [7, 11) is 0. The molecule has 0 aliphatic carbocycles. The molecule has 0 saturated heterocycles. The van der Waals surface area contributed by atoms with E-state index >= 15 is 0 Å². The minimum Gasteiger partial charge on any atom is -0.472 e. The summed E-state index contributed by atoms with van der Waals surface area (Å²) in [6.45, 7) is 4.42. The van der Waals surface area contributed by atoms with E-state index in [4.69, 9.17) is 4.74 Å². The second kappa shape index (κ2) is 7.57. The zero-order valence-corrected chi connectivity index (χ0v) is 14.1. The molecule has 0 fully saturated rings. The fourth-order valence-electron chi connectivity index (χ4n) is 2.12. The Morgan fingerprint density at radius 1 is 1.16 bits per heavy atom. The topological polar surface area (TPSA) is 81.9 Å². The van der Waals surface area contributed by atoms with Gasteiger partial charge >= 0.3 is 0 Å². The molecule has 7 nitrogen and oxygen atoms in total. The zero-order valence-electron chi connectivity index (χ0n) is 14.1. The van der Waals surface area contributed by atoms with Crippen LogP contribution in [0.25, 0.3) is 0 Å². The number of hydrogen-bond acceptors (Lipinski definition) is 5. The fourth-order valence-corrected chi connectivity index (χ4v) is 2.12. The predicted octanol–water partition coefficient (Wildman–Crippen LogP) is 3.09. The van der Waals surface area contributed by atoms with Gasteiger partial charge in [-0.15, -0.1) is 0 Å². The number of amides is 1. The summed E-state index contributed by atoms with van der Waals surface area (Å²) in [5, 5.41) is 6.92. The van der Waals surface area contributed by atoms with Crippen LogP contribution >= 0.6 is 0 Å².